The van der Waals surface area contributed by atoms with Crippen LogP contribution in [0, 0.1) is 6.92 Å². The number of aryl methyl sites for hydroxylation is 1. The van der Waals surface area contributed by atoms with Crippen molar-refractivity contribution in [3.63, 3.8) is 0 Å². The quantitative estimate of drug-likeness (QED) is 0.831. The first-order valence-electron chi connectivity index (χ1n) is 7.29. The standard InChI is InChI=1S/C18H19N3O2/c1-13-4-3-5-16(21-13)12-20-17(22)11-8-14-6-9-15(10-7-14)18(23)19-2/h3-11H,12H2,1-2H3,(H,19,23)(H,20,22)/b11-8+. The summed E-state index contributed by atoms with van der Waals surface area (Å²) in [5.74, 6) is -0.326. The first-order chi connectivity index (χ1) is 11.1. The largest absolute Gasteiger partial charge is 0.355 e. The van der Waals surface area contributed by atoms with Crippen LogP contribution in [-0.4, -0.2) is 23.8 Å². The van der Waals surface area contributed by atoms with Gasteiger partial charge >= 0.3 is 0 Å². The normalized spacial score (nSPS) is 10.5. The maximum atomic E-state index is 11.8. The highest BCUT2D eigenvalue weighted by atomic mass is 16.2. The van der Waals surface area contributed by atoms with Crippen LogP contribution in [0.15, 0.2) is 48.5 Å². The third-order valence-electron chi connectivity index (χ3n) is 3.22. The maximum absolute atomic E-state index is 11.8. The summed E-state index contributed by atoms with van der Waals surface area (Å²) in [6.07, 6.45) is 3.16. The van der Waals surface area contributed by atoms with Crippen LogP contribution < -0.4 is 10.6 Å². The molecule has 0 radical (unpaired) electrons. The van der Waals surface area contributed by atoms with E-state index in [1.807, 2.05) is 25.1 Å². The van der Waals surface area contributed by atoms with Gasteiger partial charge in [-0.25, -0.2) is 0 Å². The fourth-order valence-corrected chi connectivity index (χ4v) is 2.00. The van der Waals surface area contributed by atoms with E-state index in [1.165, 1.54) is 6.08 Å². The molecule has 2 aromatic rings. The Labute approximate surface area is 135 Å². The molecule has 2 N–H and O–H groups in total. The highest BCUT2D eigenvalue weighted by molar-refractivity contribution is 5.94. The molecule has 0 aliphatic heterocycles. The average Bonchev–Trinajstić information content (AvgIpc) is 2.58. The van der Waals surface area contributed by atoms with Gasteiger partial charge in [0.05, 0.1) is 12.2 Å². The van der Waals surface area contributed by atoms with E-state index < -0.39 is 0 Å². The van der Waals surface area contributed by atoms with Gasteiger partial charge in [0, 0.05) is 24.4 Å². The van der Waals surface area contributed by atoms with Crippen LogP contribution in [0.25, 0.3) is 6.08 Å². The molecule has 0 aliphatic carbocycles. The van der Waals surface area contributed by atoms with Crippen molar-refractivity contribution in [3.05, 3.63) is 71.1 Å². The Hall–Kier alpha value is -2.95. The second-order valence-electron chi connectivity index (χ2n) is 5.02. The predicted molar refractivity (Wildman–Crippen MR) is 89.7 cm³/mol. The van der Waals surface area contributed by atoms with Crippen LogP contribution in [0.5, 0.6) is 0 Å². The predicted octanol–water partition coefficient (Wildman–Crippen LogP) is 2.08. The Balaban J connectivity index is 1.89. The zero-order valence-electron chi connectivity index (χ0n) is 13.2. The summed E-state index contributed by atoms with van der Waals surface area (Å²) < 4.78 is 0. The van der Waals surface area contributed by atoms with E-state index >= 15 is 0 Å². The van der Waals surface area contributed by atoms with E-state index in [4.69, 9.17) is 0 Å². The Morgan fingerprint density at radius 1 is 1.13 bits per heavy atom. The monoisotopic (exact) mass is 309 g/mol. The molecule has 5 heteroatoms. The first-order valence-corrected chi connectivity index (χ1v) is 7.29. The molecule has 1 aromatic carbocycles. The zero-order valence-corrected chi connectivity index (χ0v) is 13.2. The molecule has 0 saturated heterocycles. The lowest BCUT2D eigenvalue weighted by Gasteiger charge is -2.03. The number of carbonyl (C=O) groups excluding carboxylic acids is 2. The fourth-order valence-electron chi connectivity index (χ4n) is 2.00. The van der Waals surface area contributed by atoms with Gasteiger partial charge in [-0.3, -0.25) is 14.6 Å². The van der Waals surface area contributed by atoms with E-state index in [9.17, 15) is 9.59 Å². The van der Waals surface area contributed by atoms with E-state index in [0.717, 1.165) is 17.0 Å². The van der Waals surface area contributed by atoms with Crippen LogP contribution >= 0.6 is 0 Å². The van der Waals surface area contributed by atoms with Crippen molar-refractivity contribution < 1.29 is 9.59 Å². The molecule has 0 atom stereocenters. The molecular weight excluding hydrogens is 290 g/mol. The second kappa shape index (κ2) is 7.89. The minimum absolute atomic E-state index is 0.135. The van der Waals surface area contributed by atoms with E-state index in [0.29, 0.717) is 12.1 Å². The van der Waals surface area contributed by atoms with Crippen LogP contribution in [0.2, 0.25) is 0 Å². The number of aromatic nitrogens is 1. The van der Waals surface area contributed by atoms with Gasteiger partial charge in [-0.2, -0.15) is 0 Å². The molecule has 5 nitrogen and oxygen atoms in total. The van der Waals surface area contributed by atoms with Crippen LogP contribution in [0.3, 0.4) is 0 Å². The molecule has 1 heterocycles. The van der Waals surface area contributed by atoms with Gasteiger partial charge < -0.3 is 10.6 Å². The van der Waals surface area contributed by atoms with E-state index in [-0.39, 0.29) is 11.8 Å². The number of hydrogen-bond donors (Lipinski definition) is 2. The summed E-state index contributed by atoms with van der Waals surface area (Å²) in [5.41, 5.74) is 3.17. The summed E-state index contributed by atoms with van der Waals surface area (Å²) in [6, 6.07) is 12.7. The van der Waals surface area contributed by atoms with Gasteiger partial charge in [-0.1, -0.05) is 18.2 Å². The molecule has 1 aromatic heterocycles. The van der Waals surface area contributed by atoms with Crippen molar-refractivity contribution >= 4 is 17.9 Å². The maximum Gasteiger partial charge on any atom is 0.251 e. The Morgan fingerprint density at radius 3 is 2.52 bits per heavy atom. The van der Waals surface area contributed by atoms with Crippen molar-refractivity contribution in [1.82, 2.24) is 15.6 Å². The van der Waals surface area contributed by atoms with Gasteiger partial charge in [-0.05, 0) is 42.8 Å². The summed E-state index contributed by atoms with van der Waals surface area (Å²) in [7, 11) is 1.59. The molecule has 0 aliphatic rings. The topological polar surface area (TPSA) is 71.1 Å². The van der Waals surface area contributed by atoms with Crippen LogP contribution in [0.4, 0.5) is 0 Å². The van der Waals surface area contributed by atoms with Crippen molar-refractivity contribution in [3.8, 4) is 0 Å². The Bertz CT molecular complexity index is 721. The smallest absolute Gasteiger partial charge is 0.251 e. The second-order valence-corrected chi connectivity index (χ2v) is 5.02. The number of nitrogens with one attached hydrogen (secondary N) is 2. The molecule has 0 unspecified atom stereocenters. The lowest BCUT2D eigenvalue weighted by molar-refractivity contribution is -0.116. The number of nitrogens with zero attached hydrogens (tertiary/aromatic N) is 1. The first kappa shape index (κ1) is 16.4. The number of amides is 2. The summed E-state index contributed by atoms with van der Waals surface area (Å²) in [5, 5.41) is 5.34. The number of benzene rings is 1. The van der Waals surface area contributed by atoms with Crippen molar-refractivity contribution in [2.75, 3.05) is 7.05 Å². The summed E-state index contributed by atoms with van der Waals surface area (Å²) >= 11 is 0. The Kier molecular flexibility index (Phi) is 5.63. The minimum atomic E-state index is -0.191. The summed E-state index contributed by atoms with van der Waals surface area (Å²) in [6.45, 7) is 2.30. The van der Waals surface area contributed by atoms with Gasteiger partial charge in [0.15, 0.2) is 0 Å². The third kappa shape index (κ3) is 5.07. The number of carbonyl (C=O) groups is 2. The molecule has 0 fully saturated rings. The molecule has 2 amide bonds. The summed E-state index contributed by atoms with van der Waals surface area (Å²) in [4.78, 5) is 27.6. The highest BCUT2D eigenvalue weighted by Gasteiger charge is 2.02. The van der Waals surface area contributed by atoms with E-state index in [2.05, 4.69) is 15.6 Å². The Morgan fingerprint density at radius 2 is 1.87 bits per heavy atom. The third-order valence-corrected chi connectivity index (χ3v) is 3.22. The lowest BCUT2D eigenvalue weighted by Crippen LogP contribution is -2.20. The zero-order chi connectivity index (χ0) is 16.7. The van der Waals surface area contributed by atoms with Crippen LogP contribution in [0.1, 0.15) is 27.3 Å². The molecular formula is C18H19N3O2. The van der Waals surface area contributed by atoms with Gasteiger partial charge in [-0.15, -0.1) is 0 Å². The molecule has 0 spiro atoms. The molecule has 0 saturated carbocycles. The van der Waals surface area contributed by atoms with Crippen molar-refractivity contribution in [2.24, 2.45) is 0 Å². The van der Waals surface area contributed by atoms with Gasteiger partial charge in [0.25, 0.3) is 5.91 Å². The molecule has 23 heavy (non-hydrogen) atoms. The van der Waals surface area contributed by atoms with Crippen LogP contribution in [-0.2, 0) is 11.3 Å². The molecule has 118 valence electrons. The number of pyridine rings is 1. The van der Waals surface area contributed by atoms with Crippen molar-refractivity contribution in [1.29, 1.82) is 0 Å². The highest BCUT2D eigenvalue weighted by Crippen LogP contribution is 2.06. The van der Waals surface area contributed by atoms with Crippen molar-refractivity contribution in [2.45, 2.75) is 13.5 Å². The van der Waals surface area contributed by atoms with E-state index in [1.54, 1.807) is 37.4 Å². The number of hydrogen-bond acceptors (Lipinski definition) is 3. The van der Waals surface area contributed by atoms with Gasteiger partial charge in [0.1, 0.15) is 0 Å². The molecule has 2 rings (SSSR count). The SMILES string of the molecule is CNC(=O)c1ccc(/C=C/C(=O)NCc2cccc(C)n2)cc1. The lowest BCUT2D eigenvalue weighted by atomic mass is 10.1. The number of rotatable bonds is 5. The van der Waals surface area contributed by atoms with Gasteiger partial charge in [0.2, 0.25) is 5.91 Å². The minimum Gasteiger partial charge on any atom is -0.355 e. The molecule has 0 bridgehead atoms. The average molecular weight is 309 g/mol. The fraction of sp³-hybridized carbons (Fsp3) is 0.167.